The molecular formula is C16H25NO4. The van der Waals surface area contributed by atoms with Crippen LogP contribution in [0.5, 0.6) is 0 Å². The minimum absolute atomic E-state index is 0.229. The minimum Gasteiger partial charge on any atom is -0.463 e. The van der Waals surface area contributed by atoms with Crippen LogP contribution in [0.15, 0.2) is 11.6 Å². The average molecular weight is 295 g/mol. The van der Waals surface area contributed by atoms with Crippen LogP contribution < -0.4 is 0 Å². The predicted molar refractivity (Wildman–Crippen MR) is 78.7 cm³/mol. The number of amides is 1. The van der Waals surface area contributed by atoms with Crippen molar-refractivity contribution in [1.29, 1.82) is 0 Å². The van der Waals surface area contributed by atoms with E-state index in [2.05, 4.69) is 0 Å². The van der Waals surface area contributed by atoms with Gasteiger partial charge in [-0.1, -0.05) is 5.57 Å². The summed E-state index contributed by atoms with van der Waals surface area (Å²) in [4.78, 5) is 25.3. The van der Waals surface area contributed by atoms with Crippen molar-refractivity contribution in [2.24, 2.45) is 11.8 Å². The number of fused-ring (bicyclic) bond motifs is 1. The highest BCUT2D eigenvalue weighted by Crippen LogP contribution is 2.41. The Morgan fingerprint density at radius 1 is 1.24 bits per heavy atom. The lowest BCUT2D eigenvalue weighted by atomic mass is 10.0. The SMILES string of the molecule is CCOC(=O)C=C1C[C@@H]2CN(C(=O)OC(C)(C)C)C[C@@H]2C1. The van der Waals surface area contributed by atoms with Crippen LogP contribution in [-0.4, -0.2) is 42.3 Å². The Balaban J connectivity index is 1.87. The van der Waals surface area contributed by atoms with Crippen LogP contribution in [0.1, 0.15) is 40.5 Å². The maximum Gasteiger partial charge on any atom is 0.410 e. The van der Waals surface area contributed by atoms with Gasteiger partial charge in [-0.2, -0.15) is 0 Å². The molecule has 1 amide bonds. The molecule has 118 valence electrons. The normalized spacial score (nSPS) is 26.9. The minimum atomic E-state index is -0.455. The topological polar surface area (TPSA) is 55.8 Å². The quantitative estimate of drug-likeness (QED) is 0.580. The second-order valence-corrected chi connectivity index (χ2v) is 6.87. The van der Waals surface area contributed by atoms with Crippen LogP contribution in [0.25, 0.3) is 0 Å². The number of hydrogen-bond donors (Lipinski definition) is 0. The Morgan fingerprint density at radius 3 is 2.29 bits per heavy atom. The van der Waals surface area contributed by atoms with E-state index in [1.165, 1.54) is 0 Å². The van der Waals surface area contributed by atoms with E-state index in [1.54, 1.807) is 17.9 Å². The van der Waals surface area contributed by atoms with E-state index in [0.717, 1.165) is 31.5 Å². The average Bonchev–Trinajstić information content (AvgIpc) is 2.84. The lowest BCUT2D eigenvalue weighted by Gasteiger charge is -2.25. The number of ether oxygens (including phenoxy) is 2. The van der Waals surface area contributed by atoms with Gasteiger partial charge in [-0.15, -0.1) is 0 Å². The van der Waals surface area contributed by atoms with E-state index in [0.29, 0.717) is 18.4 Å². The number of allylic oxidation sites excluding steroid dienone is 1. The maximum absolute atomic E-state index is 12.1. The van der Waals surface area contributed by atoms with Gasteiger partial charge in [0, 0.05) is 19.2 Å². The van der Waals surface area contributed by atoms with Gasteiger partial charge in [0.15, 0.2) is 0 Å². The molecule has 0 aromatic rings. The first-order valence-electron chi connectivity index (χ1n) is 7.62. The summed E-state index contributed by atoms with van der Waals surface area (Å²) < 4.78 is 10.3. The highest BCUT2D eigenvalue weighted by Gasteiger charge is 2.41. The van der Waals surface area contributed by atoms with Gasteiger partial charge in [-0.3, -0.25) is 0 Å². The Kier molecular flexibility index (Phi) is 4.59. The van der Waals surface area contributed by atoms with Crippen molar-refractivity contribution < 1.29 is 19.1 Å². The first-order chi connectivity index (χ1) is 9.78. The Labute approximate surface area is 126 Å². The largest absolute Gasteiger partial charge is 0.463 e. The number of nitrogens with zero attached hydrogens (tertiary/aromatic N) is 1. The van der Waals surface area contributed by atoms with Crippen LogP contribution in [0.3, 0.4) is 0 Å². The number of carbonyl (C=O) groups is 2. The lowest BCUT2D eigenvalue weighted by molar-refractivity contribution is -0.137. The van der Waals surface area contributed by atoms with Gasteiger partial charge < -0.3 is 14.4 Å². The van der Waals surface area contributed by atoms with Crippen molar-refractivity contribution in [3.63, 3.8) is 0 Å². The van der Waals surface area contributed by atoms with Crippen molar-refractivity contribution in [2.45, 2.75) is 46.1 Å². The lowest BCUT2D eigenvalue weighted by Crippen LogP contribution is -2.35. The summed E-state index contributed by atoms with van der Waals surface area (Å²) in [7, 11) is 0. The fraction of sp³-hybridized carbons (Fsp3) is 0.750. The number of hydrogen-bond acceptors (Lipinski definition) is 4. The second-order valence-electron chi connectivity index (χ2n) is 6.87. The standard InChI is InChI=1S/C16H25NO4/c1-5-20-14(18)8-11-6-12-9-17(10-13(12)7-11)15(19)21-16(2,3)4/h8,12-13H,5-7,9-10H2,1-4H3/t12-,13+. The first-order valence-corrected chi connectivity index (χ1v) is 7.62. The smallest absolute Gasteiger partial charge is 0.410 e. The van der Waals surface area contributed by atoms with E-state index in [4.69, 9.17) is 9.47 Å². The van der Waals surface area contributed by atoms with E-state index in [9.17, 15) is 9.59 Å². The Morgan fingerprint density at radius 2 is 1.81 bits per heavy atom. The van der Waals surface area contributed by atoms with E-state index in [1.807, 2.05) is 20.8 Å². The van der Waals surface area contributed by atoms with E-state index >= 15 is 0 Å². The Bertz CT molecular complexity index is 434. The van der Waals surface area contributed by atoms with Gasteiger partial charge in [0.25, 0.3) is 0 Å². The molecule has 0 bridgehead atoms. The van der Waals surface area contributed by atoms with Crippen molar-refractivity contribution in [3.8, 4) is 0 Å². The molecule has 1 saturated heterocycles. The summed E-state index contributed by atoms with van der Waals surface area (Å²) in [6.45, 7) is 9.28. The highest BCUT2D eigenvalue weighted by molar-refractivity contribution is 5.82. The molecule has 5 heteroatoms. The van der Waals surface area contributed by atoms with Gasteiger partial charge in [0.1, 0.15) is 5.60 Å². The van der Waals surface area contributed by atoms with Gasteiger partial charge in [0.2, 0.25) is 0 Å². The third kappa shape index (κ3) is 4.22. The summed E-state index contributed by atoms with van der Waals surface area (Å²) in [5.74, 6) is 0.632. The molecule has 0 N–H and O–H groups in total. The maximum atomic E-state index is 12.1. The molecule has 21 heavy (non-hydrogen) atoms. The first kappa shape index (κ1) is 15.9. The predicted octanol–water partition coefficient (Wildman–Crippen LogP) is 2.75. The van der Waals surface area contributed by atoms with Crippen molar-refractivity contribution in [3.05, 3.63) is 11.6 Å². The Hall–Kier alpha value is -1.52. The molecule has 2 aliphatic rings. The molecule has 1 aliphatic heterocycles. The molecule has 2 atom stereocenters. The molecule has 0 aromatic carbocycles. The number of esters is 1. The third-order valence-corrected chi connectivity index (χ3v) is 3.89. The van der Waals surface area contributed by atoms with Gasteiger partial charge in [0.05, 0.1) is 6.61 Å². The molecule has 0 aromatic heterocycles. The van der Waals surface area contributed by atoms with Crippen LogP contribution >= 0.6 is 0 Å². The van der Waals surface area contributed by atoms with Crippen molar-refractivity contribution in [2.75, 3.05) is 19.7 Å². The highest BCUT2D eigenvalue weighted by atomic mass is 16.6. The van der Waals surface area contributed by atoms with Crippen LogP contribution in [0, 0.1) is 11.8 Å². The summed E-state index contributed by atoms with van der Waals surface area (Å²) in [5, 5.41) is 0. The second kappa shape index (κ2) is 6.08. The van der Waals surface area contributed by atoms with Gasteiger partial charge in [-0.25, -0.2) is 9.59 Å². The summed E-state index contributed by atoms with van der Waals surface area (Å²) in [6.07, 6.45) is 3.15. The summed E-state index contributed by atoms with van der Waals surface area (Å²) >= 11 is 0. The third-order valence-electron chi connectivity index (χ3n) is 3.89. The summed E-state index contributed by atoms with van der Waals surface area (Å²) in [6, 6.07) is 0. The van der Waals surface area contributed by atoms with Crippen LogP contribution in [0.2, 0.25) is 0 Å². The van der Waals surface area contributed by atoms with Crippen LogP contribution in [-0.2, 0) is 14.3 Å². The van der Waals surface area contributed by atoms with Crippen molar-refractivity contribution >= 4 is 12.1 Å². The molecule has 0 unspecified atom stereocenters. The molecule has 1 saturated carbocycles. The van der Waals surface area contributed by atoms with E-state index < -0.39 is 5.60 Å². The molecule has 5 nitrogen and oxygen atoms in total. The molecule has 2 fully saturated rings. The molecule has 0 spiro atoms. The van der Waals surface area contributed by atoms with Crippen molar-refractivity contribution in [1.82, 2.24) is 4.90 Å². The zero-order valence-electron chi connectivity index (χ0n) is 13.3. The summed E-state index contributed by atoms with van der Waals surface area (Å²) in [5.41, 5.74) is 0.691. The van der Waals surface area contributed by atoms with Crippen LogP contribution in [0.4, 0.5) is 4.79 Å². The fourth-order valence-electron chi connectivity index (χ4n) is 3.10. The molecule has 1 aliphatic carbocycles. The monoisotopic (exact) mass is 295 g/mol. The zero-order chi connectivity index (χ0) is 15.6. The van der Waals surface area contributed by atoms with Gasteiger partial charge in [-0.05, 0) is 52.4 Å². The molecule has 2 rings (SSSR count). The number of carbonyl (C=O) groups excluding carboxylic acids is 2. The zero-order valence-corrected chi connectivity index (χ0v) is 13.3. The number of rotatable bonds is 2. The van der Waals surface area contributed by atoms with Gasteiger partial charge >= 0.3 is 12.1 Å². The molecular weight excluding hydrogens is 270 g/mol. The fourth-order valence-corrected chi connectivity index (χ4v) is 3.10. The van der Waals surface area contributed by atoms with E-state index in [-0.39, 0.29) is 12.1 Å². The number of likely N-dealkylation sites (tertiary alicyclic amines) is 1. The molecule has 1 heterocycles. The molecule has 0 radical (unpaired) electrons.